The molecule has 2 aromatic carbocycles. The molecule has 2 N–H and O–H groups in total. The number of carbonyl (C=O) groups excluding carboxylic acids is 2. The first-order valence-corrected chi connectivity index (χ1v) is 9.51. The molecule has 1 aromatic heterocycles. The highest BCUT2D eigenvalue weighted by Gasteiger charge is 2.16. The van der Waals surface area contributed by atoms with Crippen LogP contribution in [0.4, 0.5) is 5.69 Å². The molecule has 0 saturated carbocycles. The van der Waals surface area contributed by atoms with Crippen LogP contribution in [0.25, 0.3) is 0 Å². The summed E-state index contributed by atoms with van der Waals surface area (Å²) in [5.74, 6) is 0.495. The number of carbonyl (C=O) groups is 2. The average molecular weight is 407 g/mol. The zero-order chi connectivity index (χ0) is 21.5. The predicted molar refractivity (Wildman–Crippen MR) is 115 cm³/mol. The van der Waals surface area contributed by atoms with Gasteiger partial charge in [0.2, 0.25) is 0 Å². The van der Waals surface area contributed by atoms with Crippen molar-refractivity contribution < 1.29 is 18.7 Å². The topological polar surface area (TPSA) is 83.8 Å². The van der Waals surface area contributed by atoms with E-state index in [0.717, 1.165) is 11.3 Å². The van der Waals surface area contributed by atoms with E-state index in [9.17, 15) is 9.59 Å². The number of likely N-dealkylation sites (N-methyl/N-ethyl adjacent to an activating group) is 1. The third kappa shape index (κ3) is 5.27. The minimum Gasteiger partial charge on any atom is -0.497 e. The number of ether oxygens (including phenoxy) is 1. The van der Waals surface area contributed by atoms with Gasteiger partial charge in [-0.15, -0.1) is 0 Å². The van der Waals surface area contributed by atoms with E-state index in [-0.39, 0.29) is 23.6 Å². The number of hydrogen-bond donors (Lipinski definition) is 2. The van der Waals surface area contributed by atoms with Gasteiger partial charge < -0.3 is 24.7 Å². The Morgan fingerprint density at radius 3 is 2.27 bits per heavy atom. The van der Waals surface area contributed by atoms with Gasteiger partial charge in [-0.05, 0) is 68.2 Å². The lowest BCUT2D eigenvalue weighted by atomic mass is 10.1. The molecule has 7 nitrogen and oxygen atoms in total. The molecule has 0 spiro atoms. The SMILES string of the molecule is COc1ccc(C(CNC(=O)c2ccc(NC(=O)c3ccco3)cc2)N(C)C)cc1. The third-order valence-corrected chi connectivity index (χ3v) is 4.73. The number of nitrogens with zero attached hydrogens (tertiary/aromatic N) is 1. The van der Waals surface area contributed by atoms with Crippen LogP contribution in [0.15, 0.2) is 71.3 Å². The van der Waals surface area contributed by atoms with Gasteiger partial charge in [0.15, 0.2) is 5.76 Å². The van der Waals surface area contributed by atoms with Crippen LogP contribution in [0.5, 0.6) is 5.75 Å². The lowest BCUT2D eigenvalue weighted by Crippen LogP contribution is -2.34. The molecule has 156 valence electrons. The molecule has 1 heterocycles. The summed E-state index contributed by atoms with van der Waals surface area (Å²) in [7, 11) is 5.57. The van der Waals surface area contributed by atoms with E-state index < -0.39 is 0 Å². The molecule has 1 unspecified atom stereocenters. The van der Waals surface area contributed by atoms with Crippen molar-refractivity contribution in [3.63, 3.8) is 0 Å². The fraction of sp³-hybridized carbons (Fsp3) is 0.217. The molecule has 0 aliphatic carbocycles. The molecular weight excluding hydrogens is 382 g/mol. The van der Waals surface area contributed by atoms with Crippen molar-refractivity contribution in [1.29, 1.82) is 0 Å². The summed E-state index contributed by atoms with van der Waals surface area (Å²) in [4.78, 5) is 26.6. The lowest BCUT2D eigenvalue weighted by Gasteiger charge is -2.25. The first-order valence-electron chi connectivity index (χ1n) is 9.51. The predicted octanol–water partition coefficient (Wildman–Crippen LogP) is 3.57. The normalized spacial score (nSPS) is 11.7. The van der Waals surface area contributed by atoms with Crippen LogP contribution in [-0.2, 0) is 0 Å². The molecule has 0 saturated heterocycles. The second kappa shape index (κ2) is 9.76. The van der Waals surface area contributed by atoms with Gasteiger partial charge in [0.25, 0.3) is 11.8 Å². The Balaban J connectivity index is 1.59. The van der Waals surface area contributed by atoms with Crippen LogP contribution >= 0.6 is 0 Å². The maximum absolute atomic E-state index is 12.6. The summed E-state index contributed by atoms with van der Waals surface area (Å²) in [6.45, 7) is 0.454. The Labute approximate surface area is 175 Å². The summed E-state index contributed by atoms with van der Waals surface area (Å²) in [5.41, 5.74) is 2.17. The van der Waals surface area contributed by atoms with Gasteiger partial charge in [-0.3, -0.25) is 9.59 Å². The van der Waals surface area contributed by atoms with E-state index in [2.05, 4.69) is 15.5 Å². The summed E-state index contributed by atoms with van der Waals surface area (Å²) in [5, 5.41) is 5.70. The Hall–Kier alpha value is -3.58. The molecule has 2 amide bonds. The van der Waals surface area contributed by atoms with Gasteiger partial charge in [-0.2, -0.15) is 0 Å². The molecular formula is C23H25N3O4. The second-order valence-corrected chi connectivity index (χ2v) is 6.97. The Morgan fingerprint density at radius 1 is 1.00 bits per heavy atom. The fourth-order valence-electron chi connectivity index (χ4n) is 3.02. The Kier molecular flexibility index (Phi) is 6.87. The van der Waals surface area contributed by atoms with Crippen molar-refractivity contribution >= 4 is 17.5 Å². The van der Waals surface area contributed by atoms with Crippen LogP contribution in [0, 0.1) is 0 Å². The fourth-order valence-corrected chi connectivity index (χ4v) is 3.02. The second-order valence-electron chi connectivity index (χ2n) is 6.97. The van der Waals surface area contributed by atoms with Crippen molar-refractivity contribution in [1.82, 2.24) is 10.2 Å². The van der Waals surface area contributed by atoms with Crippen molar-refractivity contribution in [2.24, 2.45) is 0 Å². The van der Waals surface area contributed by atoms with E-state index in [0.29, 0.717) is 17.8 Å². The van der Waals surface area contributed by atoms with Crippen molar-refractivity contribution in [3.05, 3.63) is 83.8 Å². The number of anilines is 1. The van der Waals surface area contributed by atoms with E-state index in [4.69, 9.17) is 9.15 Å². The van der Waals surface area contributed by atoms with Crippen LogP contribution in [0.1, 0.15) is 32.5 Å². The monoisotopic (exact) mass is 407 g/mol. The summed E-state index contributed by atoms with van der Waals surface area (Å²) in [6, 6.07) is 17.8. The molecule has 0 aliphatic rings. The summed E-state index contributed by atoms with van der Waals surface area (Å²) < 4.78 is 10.3. The number of benzene rings is 2. The largest absolute Gasteiger partial charge is 0.497 e. The molecule has 30 heavy (non-hydrogen) atoms. The number of hydrogen-bond acceptors (Lipinski definition) is 5. The Morgan fingerprint density at radius 2 is 1.70 bits per heavy atom. The van der Waals surface area contributed by atoms with Gasteiger partial charge in [0.1, 0.15) is 5.75 Å². The van der Waals surface area contributed by atoms with Crippen molar-refractivity contribution in [2.45, 2.75) is 6.04 Å². The molecule has 0 radical (unpaired) electrons. The zero-order valence-corrected chi connectivity index (χ0v) is 17.2. The number of methoxy groups -OCH3 is 1. The average Bonchev–Trinajstić information content (AvgIpc) is 3.29. The molecule has 0 bridgehead atoms. The van der Waals surface area contributed by atoms with Crippen LogP contribution in [0.2, 0.25) is 0 Å². The lowest BCUT2D eigenvalue weighted by molar-refractivity contribution is 0.0941. The van der Waals surface area contributed by atoms with E-state index in [1.807, 2.05) is 38.4 Å². The number of furan rings is 1. The quantitative estimate of drug-likeness (QED) is 0.596. The molecule has 1 atom stereocenters. The maximum atomic E-state index is 12.6. The summed E-state index contributed by atoms with van der Waals surface area (Å²) >= 11 is 0. The highest BCUT2D eigenvalue weighted by Crippen LogP contribution is 2.21. The molecule has 0 aliphatic heterocycles. The molecule has 0 fully saturated rings. The molecule has 3 rings (SSSR count). The first-order chi connectivity index (χ1) is 14.5. The highest BCUT2D eigenvalue weighted by molar-refractivity contribution is 6.02. The smallest absolute Gasteiger partial charge is 0.291 e. The number of rotatable bonds is 8. The van der Waals surface area contributed by atoms with E-state index in [1.165, 1.54) is 6.26 Å². The van der Waals surface area contributed by atoms with E-state index in [1.54, 1.807) is 43.5 Å². The van der Waals surface area contributed by atoms with Crippen LogP contribution in [0.3, 0.4) is 0 Å². The van der Waals surface area contributed by atoms with Gasteiger partial charge in [-0.25, -0.2) is 0 Å². The van der Waals surface area contributed by atoms with Crippen LogP contribution in [-0.4, -0.2) is 44.5 Å². The number of amides is 2. The van der Waals surface area contributed by atoms with Crippen molar-refractivity contribution in [2.75, 3.05) is 33.1 Å². The molecule has 7 heteroatoms. The minimum absolute atomic E-state index is 0.0201. The Bertz CT molecular complexity index is 965. The van der Waals surface area contributed by atoms with Gasteiger partial charge >= 0.3 is 0 Å². The zero-order valence-electron chi connectivity index (χ0n) is 17.2. The summed E-state index contributed by atoms with van der Waals surface area (Å²) in [6.07, 6.45) is 1.44. The minimum atomic E-state index is -0.342. The third-order valence-electron chi connectivity index (χ3n) is 4.73. The van der Waals surface area contributed by atoms with Gasteiger partial charge in [0, 0.05) is 17.8 Å². The van der Waals surface area contributed by atoms with Gasteiger partial charge in [0.05, 0.1) is 19.4 Å². The number of nitrogens with one attached hydrogen (secondary N) is 2. The molecule has 3 aromatic rings. The maximum Gasteiger partial charge on any atom is 0.291 e. The standard InChI is InChI=1S/C23H25N3O4/c1-26(2)20(16-8-12-19(29-3)13-9-16)15-24-22(27)17-6-10-18(11-7-17)25-23(28)21-5-4-14-30-21/h4-14,20H,15H2,1-3H3,(H,24,27)(H,25,28). The highest BCUT2D eigenvalue weighted by atomic mass is 16.5. The van der Waals surface area contributed by atoms with Crippen molar-refractivity contribution in [3.8, 4) is 5.75 Å². The van der Waals surface area contributed by atoms with E-state index >= 15 is 0 Å². The first kappa shape index (κ1) is 21.1. The van der Waals surface area contributed by atoms with Crippen LogP contribution < -0.4 is 15.4 Å². The van der Waals surface area contributed by atoms with Gasteiger partial charge in [-0.1, -0.05) is 12.1 Å².